The normalized spacial score (nSPS) is 28.2. The predicted octanol–water partition coefficient (Wildman–Crippen LogP) is 3.38. The van der Waals surface area contributed by atoms with Crippen molar-refractivity contribution in [2.75, 3.05) is 19.4 Å². The van der Waals surface area contributed by atoms with Gasteiger partial charge in [0.1, 0.15) is 4.75 Å². The lowest BCUT2D eigenvalue weighted by Gasteiger charge is -2.38. The zero-order chi connectivity index (χ0) is 23.6. The molecule has 1 saturated carbocycles. The largest absolute Gasteiger partial charge is 0.416 e. The number of rotatable bonds is 5. The number of hydrogen-bond donors (Lipinski definition) is 0. The van der Waals surface area contributed by atoms with Crippen LogP contribution in [-0.4, -0.2) is 57.6 Å². The van der Waals surface area contributed by atoms with E-state index < -0.39 is 47.0 Å². The van der Waals surface area contributed by atoms with Gasteiger partial charge in [0, 0.05) is 12.9 Å². The molecule has 0 N–H and O–H groups in total. The third-order valence-corrected chi connectivity index (χ3v) is 11.3. The molecule has 2 aliphatic heterocycles. The molecule has 2 atom stereocenters. The third kappa shape index (κ3) is 3.81. The maximum absolute atomic E-state index is 13.4. The highest BCUT2D eigenvalue weighted by molar-refractivity contribution is 7.93. The second-order valence-electron chi connectivity index (χ2n) is 8.98. The molecule has 0 radical (unpaired) electrons. The van der Waals surface area contributed by atoms with Crippen LogP contribution < -0.4 is 0 Å². The highest BCUT2D eigenvalue weighted by Gasteiger charge is 2.56. The van der Waals surface area contributed by atoms with Gasteiger partial charge in [0.25, 0.3) is 0 Å². The molecule has 4 rings (SSSR count). The lowest BCUT2D eigenvalue weighted by atomic mass is 9.92. The summed E-state index contributed by atoms with van der Waals surface area (Å²) in [6, 6.07) is 3.78. The molecule has 0 amide bonds. The number of halogens is 3. The molecule has 1 aliphatic carbocycles. The van der Waals surface area contributed by atoms with Crippen LogP contribution in [0.3, 0.4) is 0 Å². The third-order valence-electron chi connectivity index (χ3n) is 6.74. The van der Waals surface area contributed by atoms with E-state index in [9.17, 15) is 30.0 Å². The number of nitrogens with zero attached hydrogens (tertiary/aromatic N) is 1. The number of ether oxygens (including phenoxy) is 1. The van der Waals surface area contributed by atoms with E-state index in [0.717, 1.165) is 12.1 Å². The van der Waals surface area contributed by atoms with E-state index in [0.29, 0.717) is 30.2 Å². The Morgan fingerprint density at radius 2 is 1.81 bits per heavy atom. The summed E-state index contributed by atoms with van der Waals surface area (Å²) in [7, 11) is -7.43. The van der Waals surface area contributed by atoms with Crippen LogP contribution in [0.1, 0.15) is 38.2 Å². The summed E-state index contributed by atoms with van der Waals surface area (Å²) < 4.78 is 93.9. The Labute approximate surface area is 185 Å². The monoisotopic (exact) mass is 491 g/mol. The maximum Gasteiger partial charge on any atom is 0.416 e. The van der Waals surface area contributed by atoms with Crippen molar-refractivity contribution in [3.8, 4) is 0 Å². The first kappa shape index (κ1) is 23.4. The minimum Gasteiger partial charge on any atom is -0.374 e. The van der Waals surface area contributed by atoms with Gasteiger partial charge in [0.2, 0.25) is 0 Å². The number of benzene rings is 1. The Kier molecular flexibility index (Phi) is 5.42. The fourth-order valence-corrected chi connectivity index (χ4v) is 7.60. The van der Waals surface area contributed by atoms with Gasteiger partial charge in [-0.2, -0.15) is 13.2 Å². The quantitative estimate of drug-likeness (QED) is 0.630. The first-order chi connectivity index (χ1) is 14.7. The number of hydrogen-bond acceptors (Lipinski definition) is 6. The van der Waals surface area contributed by atoms with Gasteiger partial charge in [-0.05, 0) is 62.5 Å². The maximum atomic E-state index is 13.4. The molecular weight excluding hydrogens is 467 g/mol. The molecule has 0 bridgehead atoms. The van der Waals surface area contributed by atoms with Crippen LogP contribution in [0.4, 0.5) is 13.2 Å². The van der Waals surface area contributed by atoms with Crippen molar-refractivity contribution < 1.29 is 34.7 Å². The Hall–Kier alpha value is -1.72. The lowest BCUT2D eigenvalue weighted by molar-refractivity contribution is -0.137. The summed E-state index contributed by atoms with van der Waals surface area (Å²) in [4.78, 5) is 4.02. The van der Waals surface area contributed by atoms with Crippen molar-refractivity contribution in [3.63, 3.8) is 0 Å². The van der Waals surface area contributed by atoms with Gasteiger partial charge in [0.15, 0.2) is 19.7 Å². The SMILES string of the molecule is CC1(S(=O)(=O)c2cccc(C(F)(F)F)c2)CCOC(C2=CC(C3(S(C)(=O)=O)CC3)=NC2)C1. The molecule has 0 spiro atoms. The number of aliphatic imine (C=N–C) groups is 1. The molecule has 176 valence electrons. The predicted molar refractivity (Wildman–Crippen MR) is 113 cm³/mol. The van der Waals surface area contributed by atoms with Gasteiger partial charge < -0.3 is 4.74 Å². The Morgan fingerprint density at radius 3 is 2.41 bits per heavy atom. The summed E-state index contributed by atoms with van der Waals surface area (Å²) in [5.41, 5.74) is 0.157. The average molecular weight is 492 g/mol. The van der Waals surface area contributed by atoms with Gasteiger partial charge in [0.05, 0.1) is 33.6 Å². The van der Waals surface area contributed by atoms with Crippen molar-refractivity contribution in [1.29, 1.82) is 0 Å². The smallest absolute Gasteiger partial charge is 0.374 e. The standard InChI is InChI=1S/C21H24F3NO5S2/c1-19(32(28,29)16-5-3-4-15(11-16)21(22,23)24)8-9-30-17(12-19)14-10-18(25-13-14)20(6-7-20)31(2,26)27/h3-5,10-11,17H,6-9,12-13H2,1-2H3. The molecule has 2 heterocycles. The van der Waals surface area contributed by atoms with Gasteiger partial charge in [-0.25, -0.2) is 16.8 Å². The van der Waals surface area contributed by atoms with Gasteiger partial charge in [-0.1, -0.05) is 6.07 Å². The first-order valence-corrected chi connectivity index (χ1v) is 13.6. The summed E-state index contributed by atoms with van der Waals surface area (Å²) in [6.07, 6.45) is -1.19. The van der Waals surface area contributed by atoms with E-state index in [1.807, 2.05) is 0 Å². The molecule has 1 aromatic rings. The summed E-state index contributed by atoms with van der Waals surface area (Å²) in [5.74, 6) is 0. The molecule has 3 aliphatic rings. The fraction of sp³-hybridized carbons (Fsp3) is 0.571. The van der Waals surface area contributed by atoms with Crippen LogP contribution in [0.5, 0.6) is 0 Å². The van der Waals surface area contributed by atoms with Gasteiger partial charge >= 0.3 is 6.18 Å². The van der Waals surface area contributed by atoms with Crippen LogP contribution in [0, 0.1) is 0 Å². The van der Waals surface area contributed by atoms with E-state index in [1.165, 1.54) is 19.2 Å². The topological polar surface area (TPSA) is 89.9 Å². The Balaban J connectivity index is 1.60. The number of sulfone groups is 2. The summed E-state index contributed by atoms with van der Waals surface area (Å²) in [6.45, 7) is 1.86. The minimum absolute atomic E-state index is 0.0477. The number of alkyl halides is 3. The molecule has 6 nitrogen and oxygen atoms in total. The van der Waals surface area contributed by atoms with E-state index in [2.05, 4.69) is 4.99 Å². The molecule has 11 heteroatoms. The highest BCUT2D eigenvalue weighted by Crippen LogP contribution is 2.47. The van der Waals surface area contributed by atoms with E-state index in [4.69, 9.17) is 4.74 Å². The van der Waals surface area contributed by atoms with E-state index in [1.54, 1.807) is 6.08 Å². The van der Waals surface area contributed by atoms with E-state index >= 15 is 0 Å². The van der Waals surface area contributed by atoms with Crippen LogP contribution >= 0.6 is 0 Å². The van der Waals surface area contributed by atoms with E-state index in [-0.39, 0.29) is 30.9 Å². The highest BCUT2D eigenvalue weighted by atomic mass is 32.2. The zero-order valence-corrected chi connectivity index (χ0v) is 19.3. The van der Waals surface area contributed by atoms with Crippen molar-refractivity contribution >= 4 is 25.4 Å². The zero-order valence-electron chi connectivity index (χ0n) is 17.6. The molecule has 1 aromatic carbocycles. The summed E-state index contributed by atoms with van der Waals surface area (Å²) in [5, 5.41) is 0. The molecular formula is C21H24F3NO5S2. The fourth-order valence-electron chi connectivity index (χ4n) is 4.42. The van der Waals surface area contributed by atoms with Crippen molar-refractivity contribution in [2.24, 2.45) is 4.99 Å². The molecule has 2 fully saturated rings. The van der Waals surface area contributed by atoms with Gasteiger partial charge in [-0.15, -0.1) is 0 Å². The summed E-state index contributed by atoms with van der Waals surface area (Å²) >= 11 is 0. The molecule has 1 saturated heterocycles. The van der Waals surface area contributed by atoms with Crippen LogP contribution in [0.2, 0.25) is 0 Å². The molecule has 32 heavy (non-hydrogen) atoms. The van der Waals surface area contributed by atoms with Crippen LogP contribution in [0.15, 0.2) is 45.8 Å². The van der Waals surface area contributed by atoms with Gasteiger partial charge in [-0.3, -0.25) is 4.99 Å². The second kappa shape index (κ2) is 7.39. The minimum atomic E-state index is -4.65. The van der Waals surface area contributed by atoms with Crippen molar-refractivity contribution in [1.82, 2.24) is 0 Å². The Bertz CT molecular complexity index is 1210. The van der Waals surface area contributed by atoms with Crippen molar-refractivity contribution in [3.05, 3.63) is 41.5 Å². The van der Waals surface area contributed by atoms with Crippen molar-refractivity contribution in [2.45, 2.75) is 59.3 Å². The second-order valence-corrected chi connectivity index (χ2v) is 13.8. The van der Waals surface area contributed by atoms with Crippen LogP contribution in [0.25, 0.3) is 0 Å². The molecule has 2 unspecified atom stereocenters. The average Bonchev–Trinajstić information content (AvgIpc) is 3.38. The first-order valence-electron chi connectivity index (χ1n) is 10.2. The number of allylic oxidation sites excluding steroid dienone is 1. The Morgan fingerprint density at radius 1 is 1.12 bits per heavy atom. The molecule has 0 aromatic heterocycles. The van der Waals surface area contributed by atoms with Crippen LogP contribution in [-0.2, 0) is 30.6 Å². The lowest BCUT2D eigenvalue weighted by Crippen LogP contribution is -2.45.